The molecule has 0 saturated carbocycles. The second kappa shape index (κ2) is 7.26. The standard InChI is InChI=1S/C15H20F2N4/c1-3-8-21-15(10-19-20-21)14(18-4-2)9-11-12(16)6-5-7-13(11)17/h5-7,10,14,18H,3-4,8-9H2,1-2H3. The van der Waals surface area contributed by atoms with Crippen molar-refractivity contribution in [3.05, 3.63) is 47.3 Å². The molecule has 1 atom stereocenters. The third kappa shape index (κ3) is 3.64. The van der Waals surface area contributed by atoms with Gasteiger partial charge in [0.25, 0.3) is 0 Å². The highest BCUT2D eigenvalue weighted by molar-refractivity contribution is 5.22. The van der Waals surface area contributed by atoms with Gasteiger partial charge in [-0.15, -0.1) is 5.10 Å². The van der Waals surface area contributed by atoms with E-state index in [1.165, 1.54) is 18.2 Å². The van der Waals surface area contributed by atoms with E-state index in [1.54, 1.807) is 10.9 Å². The van der Waals surface area contributed by atoms with Gasteiger partial charge < -0.3 is 5.32 Å². The molecule has 114 valence electrons. The molecule has 1 heterocycles. The third-order valence-corrected chi connectivity index (χ3v) is 3.36. The van der Waals surface area contributed by atoms with Gasteiger partial charge in [-0.1, -0.05) is 25.1 Å². The minimum Gasteiger partial charge on any atom is -0.309 e. The summed E-state index contributed by atoms with van der Waals surface area (Å²) in [4.78, 5) is 0. The van der Waals surface area contributed by atoms with E-state index in [4.69, 9.17) is 0 Å². The number of aromatic nitrogens is 3. The molecular weight excluding hydrogens is 274 g/mol. The SMILES string of the molecule is CCCn1nncc1C(Cc1c(F)cccc1F)NCC. The van der Waals surface area contributed by atoms with Crippen LogP contribution in [0.2, 0.25) is 0 Å². The number of halogens is 2. The van der Waals surface area contributed by atoms with Gasteiger partial charge in [-0.25, -0.2) is 13.5 Å². The summed E-state index contributed by atoms with van der Waals surface area (Å²) in [6, 6.07) is 3.72. The quantitative estimate of drug-likeness (QED) is 0.854. The number of hydrogen-bond donors (Lipinski definition) is 1. The van der Waals surface area contributed by atoms with Crippen LogP contribution in [0.5, 0.6) is 0 Å². The first kappa shape index (κ1) is 15.6. The van der Waals surface area contributed by atoms with Crippen LogP contribution in [0.4, 0.5) is 8.78 Å². The van der Waals surface area contributed by atoms with E-state index >= 15 is 0 Å². The average molecular weight is 294 g/mol. The van der Waals surface area contributed by atoms with Crippen LogP contribution in [0.1, 0.15) is 37.6 Å². The predicted molar refractivity (Wildman–Crippen MR) is 76.8 cm³/mol. The van der Waals surface area contributed by atoms with E-state index in [1.807, 2.05) is 13.8 Å². The van der Waals surface area contributed by atoms with E-state index in [-0.39, 0.29) is 18.0 Å². The van der Waals surface area contributed by atoms with E-state index in [2.05, 4.69) is 15.6 Å². The van der Waals surface area contributed by atoms with Crippen molar-refractivity contribution in [2.24, 2.45) is 0 Å². The predicted octanol–water partition coefficient (Wildman–Crippen LogP) is 2.86. The summed E-state index contributed by atoms with van der Waals surface area (Å²) in [7, 11) is 0. The fourth-order valence-electron chi connectivity index (χ4n) is 2.38. The second-order valence-corrected chi connectivity index (χ2v) is 4.90. The molecule has 1 aromatic carbocycles. The molecule has 0 bridgehead atoms. The number of hydrogen-bond acceptors (Lipinski definition) is 3. The Morgan fingerprint density at radius 3 is 2.57 bits per heavy atom. The Labute approximate surface area is 123 Å². The van der Waals surface area contributed by atoms with Crippen molar-refractivity contribution in [2.75, 3.05) is 6.54 Å². The average Bonchev–Trinajstić information content (AvgIpc) is 2.90. The normalized spacial score (nSPS) is 12.6. The zero-order valence-corrected chi connectivity index (χ0v) is 12.3. The summed E-state index contributed by atoms with van der Waals surface area (Å²) in [5.74, 6) is -1.04. The van der Waals surface area contributed by atoms with Crippen LogP contribution >= 0.6 is 0 Å². The molecule has 4 nitrogen and oxygen atoms in total. The van der Waals surface area contributed by atoms with Gasteiger partial charge in [0, 0.05) is 12.1 Å². The lowest BCUT2D eigenvalue weighted by atomic mass is 10.0. The van der Waals surface area contributed by atoms with E-state index in [9.17, 15) is 8.78 Å². The lowest BCUT2D eigenvalue weighted by Crippen LogP contribution is -2.26. The minimum absolute atomic E-state index is 0.0905. The van der Waals surface area contributed by atoms with Crippen molar-refractivity contribution < 1.29 is 8.78 Å². The van der Waals surface area contributed by atoms with E-state index < -0.39 is 11.6 Å². The Morgan fingerprint density at radius 1 is 1.24 bits per heavy atom. The van der Waals surface area contributed by atoms with Crippen molar-refractivity contribution in [3.8, 4) is 0 Å². The molecule has 21 heavy (non-hydrogen) atoms. The van der Waals surface area contributed by atoms with Gasteiger partial charge in [-0.2, -0.15) is 0 Å². The first-order valence-electron chi connectivity index (χ1n) is 7.22. The Kier molecular flexibility index (Phi) is 5.38. The topological polar surface area (TPSA) is 42.7 Å². The number of nitrogens with one attached hydrogen (secondary N) is 1. The highest BCUT2D eigenvalue weighted by atomic mass is 19.1. The van der Waals surface area contributed by atoms with Crippen molar-refractivity contribution in [1.82, 2.24) is 20.3 Å². The van der Waals surface area contributed by atoms with Crippen molar-refractivity contribution in [2.45, 2.75) is 39.3 Å². The Hall–Kier alpha value is -1.82. The zero-order valence-electron chi connectivity index (χ0n) is 12.3. The lowest BCUT2D eigenvalue weighted by molar-refractivity contribution is 0.456. The Bertz CT molecular complexity index is 563. The summed E-state index contributed by atoms with van der Waals surface area (Å²) < 4.78 is 29.5. The van der Waals surface area contributed by atoms with Gasteiger partial charge in [0.1, 0.15) is 11.6 Å². The smallest absolute Gasteiger partial charge is 0.129 e. The van der Waals surface area contributed by atoms with Crippen LogP contribution in [-0.4, -0.2) is 21.5 Å². The number of likely N-dealkylation sites (N-methyl/N-ethyl adjacent to an activating group) is 1. The van der Waals surface area contributed by atoms with Crippen LogP contribution in [-0.2, 0) is 13.0 Å². The van der Waals surface area contributed by atoms with Gasteiger partial charge in [0.15, 0.2) is 0 Å². The molecule has 0 amide bonds. The van der Waals surface area contributed by atoms with Crippen molar-refractivity contribution >= 4 is 0 Å². The molecule has 0 aliphatic rings. The van der Waals surface area contributed by atoms with Crippen LogP contribution in [0.3, 0.4) is 0 Å². The van der Waals surface area contributed by atoms with Gasteiger partial charge in [-0.05, 0) is 31.5 Å². The summed E-state index contributed by atoms with van der Waals surface area (Å²) in [5.41, 5.74) is 0.939. The maximum Gasteiger partial charge on any atom is 0.129 e. The molecular formula is C15H20F2N4. The molecule has 0 aliphatic carbocycles. The number of aryl methyl sites for hydroxylation is 1. The maximum absolute atomic E-state index is 13.8. The third-order valence-electron chi connectivity index (χ3n) is 3.36. The maximum atomic E-state index is 13.8. The summed E-state index contributed by atoms with van der Waals surface area (Å²) in [6.07, 6.45) is 2.80. The first-order valence-corrected chi connectivity index (χ1v) is 7.22. The lowest BCUT2D eigenvalue weighted by Gasteiger charge is -2.19. The van der Waals surface area contributed by atoms with Crippen LogP contribution in [0.15, 0.2) is 24.4 Å². The fourth-order valence-corrected chi connectivity index (χ4v) is 2.38. The monoisotopic (exact) mass is 294 g/mol. The minimum atomic E-state index is -0.521. The largest absolute Gasteiger partial charge is 0.309 e. The molecule has 0 aliphatic heterocycles. The molecule has 2 rings (SSSR count). The molecule has 2 aromatic rings. The van der Waals surface area contributed by atoms with Crippen molar-refractivity contribution in [3.63, 3.8) is 0 Å². The fraction of sp³-hybridized carbons (Fsp3) is 0.467. The first-order chi connectivity index (χ1) is 10.2. The molecule has 1 N–H and O–H groups in total. The summed E-state index contributed by atoms with van der Waals surface area (Å²) >= 11 is 0. The molecule has 1 aromatic heterocycles. The van der Waals surface area contributed by atoms with Crippen LogP contribution in [0, 0.1) is 11.6 Å². The van der Waals surface area contributed by atoms with Crippen LogP contribution in [0.25, 0.3) is 0 Å². The molecule has 0 radical (unpaired) electrons. The number of nitrogens with zero attached hydrogens (tertiary/aromatic N) is 3. The zero-order chi connectivity index (χ0) is 15.2. The number of benzene rings is 1. The van der Waals surface area contributed by atoms with Gasteiger partial charge in [0.2, 0.25) is 0 Å². The molecule has 0 saturated heterocycles. The highest BCUT2D eigenvalue weighted by Gasteiger charge is 2.20. The summed E-state index contributed by atoms with van der Waals surface area (Å²) in [5, 5.41) is 11.2. The second-order valence-electron chi connectivity index (χ2n) is 4.90. The van der Waals surface area contributed by atoms with Crippen molar-refractivity contribution in [1.29, 1.82) is 0 Å². The summed E-state index contributed by atoms with van der Waals surface area (Å²) in [6.45, 7) is 5.43. The van der Waals surface area contributed by atoms with Gasteiger partial charge in [0.05, 0.1) is 17.9 Å². The molecule has 6 heteroatoms. The molecule has 0 spiro atoms. The van der Waals surface area contributed by atoms with E-state index in [0.717, 1.165) is 18.7 Å². The van der Waals surface area contributed by atoms with Gasteiger partial charge in [-0.3, -0.25) is 0 Å². The molecule has 0 fully saturated rings. The van der Waals surface area contributed by atoms with Crippen LogP contribution < -0.4 is 5.32 Å². The Balaban J connectivity index is 2.29. The van der Waals surface area contributed by atoms with Gasteiger partial charge >= 0.3 is 0 Å². The number of rotatable bonds is 7. The highest BCUT2D eigenvalue weighted by Crippen LogP contribution is 2.22. The Morgan fingerprint density at radius 2 is 1.95 bits per heavy atom. The molecule has 1 unspecified atom stereocenters. The van der Waals surface area contributed by atoms with E-state index in [0.29, 0.717) is 6.54 Å².